The van der Waals surface area contributed by atoms with Gasteiger partial charge in [0.1, 0.15) is 5.75 Å². The molecule has 7 nitrogen and oxygen atoms in total. The molecule has 0 saturated carbocycles. The van der Waals surface area contributed by atoms with Crippen LogP contribution in [-0.4, -0.2) is 55.5 Å². The average Bonchev–Trinajstić information content (AvgIpc) is 2.61. The smallest absolute Gasteiger partial charge is 0.307 e. The van der Waals surface area contributed by atoms with Gasteiger partial charge in [-0.1, -0.05) is 12.1 Å². The Morgan fingerprint density at radius 2 is 1.96 bits per heavy atom. The summed E-state index contributed by atoms with van der Waals surface area (Å²) in [5.74, 6) is -0.0880. The summed E-state index contributed by atoms with van der Waals surface area (Å²) in [5, 5.41) is 2.64. The Labute approximate surface area is 160 Å². The highest BCUT2D eigenvalue weighted by molar-refractivity contribution is 5.92. The summed E-state index contributed by atoms with van der Waals surface area (Å²) in [4.78, 5) is 36.4. The van der Waals surface area contributed by atoms with Crippen LogP contribution in [0.4, 0.5) is 0 Å². The van der Waals surface area contributed by atoms with Crippen molar-refractivity contribution in [1.29, 1.82) is 0 Å². The standard InChI is InChI=1S/C20H28N2O5/c1-15(2)27-18-7-5-6-17(14-18)8-9-19(24)22(12-10-20(25)26-4)13-11-21-16(3)23/h5-9,14-15H,10-13H2,1-4H3,(H,21,23)/b9-8+. The molecular weight excluding hydrogens is 348 g/mol. The quantitative estimate of drug-likeness (QED) is 0.499. The maximum Gasteiger partial charge on any atom is 0.307 e. The number of ether oxygens (including phenoxy) is 2. The molecule has 1 N–H and O–H groups in total. The molecule has 0 saturated heterocycles. The van der Waals surface area contributed by atoms with E-state index < -0.39 is 5.97 Å². The monoisotopic (exact) mass is 376 g/mol. The second-order valence-electron chi connectivity index (χ2n) is 6.21. The molecule has 27 heavy (non-hydrogen) atoms. The van der Waals surface area contributed by atoms with E-state index in [1.807, 2.05) is 38.1 Å². The van der Waals surface area contributed by atoms with Crippen LogP contribution >= 0.6 is 0 Å². The molecule has 1 rings (SSSR count). The van der Waals surface area contributed by atoms with Crippen LogP contribution in [0, 0.1) is 0 Å². The zero-order valence-electron chi connectivity index (χ0n) is 16.4. The van der Waals surface area contributed by atoms with Gasteiger partial charge in [0.15, 0.2) is 0 Å². The molecular formula is C20H28N2O5. The van der Waals surface area contributed by atoms with E-state index in [0.29, 0.717) is 13.1 Å². The van der Waals surface area contributed by atoms with E-state index in [0.717, 1.165) is 11.3 Å². The minimum absolute atomic E-state index is 0.0634. The van der Waals surface area contributed by atoms with Crippen LogP contribution in [0.1, 0.15) is 32.8 Å². The van der Waals surface area contributed by atoms with Gasteiger partial charge in [0.2, 0.25) is 11.8 Å². The van der Waals surface area contributed by atoms with Crippen LogP contribution in [0.15, 0.2) is 30.3 Å². The Morgan fingerprint density at radius 1 is 1.22 bits per heavy atom. The predicted molar refractivity (Wildman–Crippen MR) is 103 cm³/mol. The van der Waals surface area contributed by atoms with Crippen molar-refractivity contribution in [2.24, 2.45) is 0 Å². The van der Waals surface area contributed by atoms with Gasteiger partial charge in [-0.25, -0.2) is 0 Å². The Hall–Kier alpha value is -2.83. The lowest BCUT2D eigenvalue weighted by Crippen LogP contribution is -2.38. The third kappa shape index (κ3) is 9.44. The molecule has 7 heteroatoms. The predicted octanol–water partition coefficient (Wildman–Crippen LogP) is 2.01. The minimum Gasteiger partial charge on any atom is -0.491 e. The molecule has 0 unspecified atom stereocenters. The Kier molecular flexibility index (Phi) is 9.64. The highest BCUT2D eigenvalue weighted by Crippen LogP contribution is 2.16. The number of rotatable bonds is 10. The average molecular weight is 376 g/mol. The van der Waals surface area contributed by atoms with Gasteiger partial charge >= 0.3 is 5.97 Å². The first kappa shape index (κ1) is 22.2. The van der Waals surface area contributed by atoms with Crippen molar-refractivity contribution in [2.75, 3.05) is 26.7 Å². The first-order valence-electron chi connectivity index (χ1n) is 8.86. The zero-order valence-corrected chi connectivity index (χ0v) is 16.4. The molecule has 0 aliphatic rings. The number of nitrogens with one attached hydrogen (secondary N) is 1. The molecule has 0 heterocycles. The van der Waals surface area contributed by atoms with Gasteiger partial charge in [-0.15, -0.1) is 0 Å². The number of amides is 2. The molecule has 1 aromatic rings. The lowest BCUT2D eigenvalue weighted by molar-refractivity contribution is -0.141. The van der Waals surface area contributed by atoms with E-state index in [1.54, 1.807) is 6.08 Å². The van der Waals surface area contributed by atoms with Crippen LogP contribution in [0.3, 0.4) is 0 Å². The molecule has 0 fully saturated rings. The number of benzene rings is 1. The fraction of sp³-hybridized carbons (Fsp3) is 0.450. The van der Waals surface area contributed by atoms with Crippen LogP contribution in [0.25, 0.3) is 6.08 Å². The van der Waals surface area contributed by atoms with E-state index >= 15 is 0 Å². The zero-order chi connectivity index (χ0) is 20.2. The van der Waals surface area contributed by atoms with Crippen LogP contribution in [-0.2, 0) is 19.1 Å². The highest BCUT2D eigenvalue weighted by Gasteiger charge is 2.13. The van der Waals surface area contributed by atoms with Crippen LogP contribution < -0.4 is 10.1 Å². The van der Waals surface area contributed by atoms with Gasteiger partial charge in [0.25, 0.3) is 0 Å². The summed E-state index contributed by atoms with van der Waals surface area (Å²) in [6.07, 6.45) is 3.29. The van der Waals surface area contributed by atoms with Crippen molar-refractivity contribution in [3.05, 3.63) is 35.9 Å². The fourth-order valence-electron chi connectivity index (χ4n) is 2.26. The minimum atomic E-state index is -0.394. The van der Waals surface area contributed by atoms with Gasteiger partial charge < -0.3 is 19.7 Å². The number of methoxy groups -OCH3 is 1. The first-order chi connectivity index (χ1) is 12.8. The number of hydrogen-bond donors (Lipinski definition) is 1. The largest absolute Gasteiger partial charge is 0.491 e. The third-order valence-corrected chi connectivity index (χ3v) is 3.53. The Morgan fingerprint density at radius 3 is 2.59 bits per heavy atom. The van der Waals surface area contributed by atoms with Gasteiger partial charge in [-0.2, -0.15) is 0 Å². The maximum atomic E-state index is 12.5. The van der Waals surface area contributed by atoms with Crippen molar-refractivity contribution < 1.29 is 23.9 Å². The second-order valence-corrected chi connectivity index (χ2v) is 6.21. The molecule has 0 aromatic heterocycles. The van der Waals surface area contributed by atoms with Crippen molar-refractivity contribution in [2.45, 2.75) is 33.3 Å². The highest BCUT2D eigenvalue weighted by atomic mass is 16.5. The van der Waals surface area contributed by atoms with Gasteiger partial charge in [-0.3, -0.25) is 14.4 Å². The normalized spacial score (nSPS) is 10.7. The molecule has 0 bridgehead atoms. The summed E-state index contributed by atoms with van der Waals surface area (Å²) < 4.78 is 10.3. The van der Waals surface area contributed by atoms with E-state index in [2.05, 4.69) is 10.1 Å². The molecule has 0 spiro atoms. The summed E-state index contributed by atoms with van der Waals surface area (Å²) in [6.45, 7) is 6.13. The van der Waals surface area contributed by atoms with Crippen molar-refractivity contribution >= 4 is 23.9 Å². The molecule has 0 aliphatic heterocycles. The third-order valence-electron chi connectivity index (χ3n) is 3.53. The van der Waals surface area contributed by atoms with Crippen LogP contribution in [0.2, 0.25) is 0 Å². The summed E-state index contributed by atoms with van der Waals surface area (Å²) in [7, 11) is 1.30. The number of carbonyl (C=O) groups excluding carboxylic acids is 3. The van der Waals surface area contributed by atoms with Gasteiger partial charge in [0.05, 0.1) is 19.6 Å². The van der Waals surface area contributed by atoms with Crippen molar-refractivity contribution in [3.63, 3.8) is 0 Å². The topological polar surface area (TPSA) is 84.9 Å². The first-order valence-corrected chi connectivity index (χ1v) is 8.86. The van der Waals surface area contributed by atoms with E-state index in [1.165, 1.54) is 25.0 Å². The number of hydrogen-bond acceptors (Lipinski definition) is 5. The van der Waals surface area contributed by atoms with E-state index in [-0.39, 0.29) is 30.9 Å². The second kappa shape index (κ2) is 11.7. The van der Waals surface area contributed by atoms with Crippen LogP contribution in [0.5, 0.6) is 5.75 Å². The lowest BCUT2D eigenvalue weighted by Gasteiger charge is -2.20. The Balaban J connectivity index is 2.76. The Bertz CT molecular complexity index is 670. The van der Waals surface area contributed by atoms with Crippen molar-refractivity contribution in [1.82, 2.24) is 10.2 Å². The molecule has 0 aliphatic carbocycles. The fourth-order valence-corrected chi connectivity index (χ4v) is 2.26. The number of carbonyl (C=O) groups is 3. The van der Waals surface area contributed by atoms with E-state index in [4.69, 9.17) is 4.74 Å². The van der Waals surface area contributed by atoms with Gasteiger partial charge in [-0.05, 0) is 37.6 Å². The van der Waals surface area contributed by atoms with Crippen molar-refractivity contribution in [3.8, 4) is 5.75 Å². The molecule has 0 atom stereocenters. The SMILES string of the molecule is COC(=O)CCN(CCNC(C)=O)C(=O)/C=C/c1cccc(OC(C)C)c1. The maximum absolute atomic E-state index is 12.5. The van der Waals surface area contributed by atoms with E-state index in [9.17, 15) is 14.4 Å². The lowest BCUT2D eigenvalue weighted by atomic mass is 10.2. The summed E-state index contributed by atoms with van der Waals surface area (Å²) in [5.41, 5.74) is 0.830. The van der Waals surface area contributed by atoms with Gasteiger partial charge in [0, 0.05) is 32.6 Å². The summed E-state index contributed by atoms with van der Waals surface area (Å²) >= 11 is 0. The molecule has 1 aromatic carbocycles. The summed E-state index contributed by atoms with van der Waals surface area (Å²) in [6, 6.07) is 7.43. The molecule has 148 valence electrons. The molecule has 2 amide bonds. The number of esters is 1. The number of nitrogens with zero attached hydrogens (tertiary/aromatic N) is 1. The molecule has 0 radical (unpaired) electrons.